The van der Waals surface area contributed by atoms with Gasteiger partial charge in [0, 0.05) is 6.42 Å². The van der Waals surface area contributed by atoms with Crippen LogP contribution < -0.4 is 0 Å². The molecule has 3 rings (SSSR count). The van der Waals surface area contributed by atoms with Crippen molar-refractivity contribution in [1.82, 2.24) is 0 Å². The van der Waals surface area contributed by atoms with Crippen LogP contribution in [0, 0.1) is 35.5 Å². The number of hydrogen-bond donors (Lipinski definition) is 1. The molecule has 1 N–H and O–H groups in total. The molecule has 0 spiro atoms. The molecule has 0 radical (unpaired) electrons. The van der Waals surface area contributed by atoms with Crippen LogP contribution in [0.2, 0.25) is 0 Å². The number of rotatable bonds is 13. The Morgan fingerprint density at radius 1 is 0.692 bits per heavy atom. The standard InChI is InChI=1S/C24H42O2/c1-2-18-10-12-20(18)16-22-14-15-23(22)17-21-13-11-19(21)8-6-4-3-5-7-9-24(25)26/h18-23H,2-17H2,1H3,(H,25,26)/t18?,19-,20-,21?,22?,23-/m1/s1. The number of carboxylic acid groups (broad SMARTS) is 1. The molecular weight excluding hydrogens is 320 g/mol. The zero-order valence-corrected chi connectivity index (χ0v) is 17.1. The topological polar surface area (TPSA) is 37.3 Å². The Balaban J connectivity index is 1.23. The Morgan fingerprint density at radius 2 is 1.15 bits per heavy atom. The summed E-state index contributed by atoms with van der Waals surface area (Å²) >= 11 is 0. The van der Waals surface area contributed by atoms with E-state index in [1.165, 1.54) is 70.6 Å². The van der Waals surface area contributed by atoms with Gasteiger partial charge in [-0.1, -0.05) is 45.4 Å². The first-order valence-electron chi connectivity index (χ1n) is 11.9. The summed E-state index contributed by atoms with van der Waals surface area (Å²) in [7, 11) is 0. The van der Waals surface area contributed by atoms with Crippen LogP contribution in [0.25, 0.3) is 0 Å². The summed E-state index contributed by atoms with van der Waals surface area (Å²) in [6.45, 7) is 2.39. The lowest BCUT2D eigenvalue weighted by molar-refractivity contribution is -0.137. The van der Waals surface area contributed by atoms with E-state index in [9.17, 15) is 4.79 Å². The Hall–Kier alpha value is -0.530. The predicted octanol–water partition coefficient (Wildman–Crippen LogP) is 7.07. The largest absolute Gasteiger partial charge is 0.481 e. The molecule has 0 aromatic carbocycles. The highest BCUT2D eigenvalue weighted by Gasteiger charge is 2.40. The molecule has 2 heteroatoms. The molecule has 0 bridgehead atoms. The lowest BCUT2D eigenvalue weighted by Crippen LogP contribution is -2.37. The lowest BCUT2D eigenvalue weighted by Gasteiger charge is -2.48. The third-order valence-corrected chi connectivity index (χ3v) is 8.43. The van der Waals surface area contributed by atoms with Crippen molar-refractivity contribution in [3.63, 3.8) is 0 Å². The SMILES string of the molecule is CCC1CC[C@@H]1CC1CC[C@@H]1CC1CC[C@H]1CCCCCCCC(=O)O. The minimum atomic E-state index is -0.640. The zero-order valence-electron chi connectivity index (χ0n) is 17.1. The first kappa shape index (κ1) is 20.2. The predicted molar refractivity (Wildman–Crippen MR) is 108 cm³/mol. The molecule has 3 fully saturated rings. The van der Waals surface area contributed by atoms with Crippen LogP contribution in [-0.2, 0) is 4.79 Å². The highest BCUT2D eigenvalue weighted by Crippen LogP contribution is 2.51. The van der Waals surface area contributed by atoms with Crippen molar-refractivity contribution in [2.75, 3.05) is 0 Å². The van der Waals surface area contributed by atoms with Crippen LogP contribution in [-0.4, -0.2) is 11.1 Å². The second-order valence-corrected chi connectivity index (χ2v) is 9.87. The van der Waals surface area contributed by atoms with E-state index in [2.05, 4.69) is 6.92 Å². The van der Waals surface area contributed by atoms with Gasteiger partial charge in [0.1, 0.15) is 0 Å². The number of carboxylic acids is 1. The molecule has 6 atom stereocenters. The highest BCUT2D eigenvalue weighted by atomic mass is 16.4. The van der Waals surface area contributed by atoms with Crippen LogP contribution in [0.3, 0.4) is 0 Å². The van der Waals surface area contributed by atoms with Gasteiger partial charge < -0.3 is 5.11 Å². The summed E-state index contributed by atoms with van der Waals surface area (Å²) in [5.74, 6) is 5.77. The number of unbranched alkanes of at least 4 members (excludes halogenated alkanes) is 4. The number of carbonyl (C=O) groups is 1. The average Bonchev–Trinajstić information content (AvgIpc) is 2.55. The molecule has 2 nitrogen and oxygen atoms in total. The van der Waals surface area contributed by atoms with E-state index in [1.54, 1.807) is 12.8 Å². The Morgan fingerprint density at radius 3 is 1.65 bits per heavy atom. The molecule has 0 aromatic heterocycles. The fourth-order valence-electron chi connectivity index (χ4n) is 6.06. The second kappa shape index (κ2) is 10.1. The smallest absolute Gasteiger partial charge is 0.303 e. The van der Waals surface area contributed by atoms with Crippen molar-refractivity contribution < 1.29 is 9.90 Å². The van der Waals surface area contributed by atoms with Crippen molar-refractivity contribution >= 4 is 5.97 Å². The van der Waals surface area contributed by atoms with Crippen LogP contribution in [0.15, 0.2) is 0 Å². The van der Waals surface area contributed by atoms with Crippen molar-refractivity contribution in [2.24, 2.45) is 35.5 Å². The quantitative estimate of drug-likeness (QED) is 0.356. The van der Waals surface area contributed by atoms with Gasteiger partial charge in [-0.15, -0.1) is 0 Å². The summed E-state index contributed by atoms with van der Waals surface area (Å²) in [6.07, 6.45) is 21.3. The summed E-state index contributed by atoms with van der Waals surface area (Å²) in [5.41, 5.74) is 0. The zero-order chi connectivity index (χ0) is 18.4. The number of aliphatic carboxylic acids is 1. The van der Waals surface area contributed by atoms with Crippen LogP contribution in [0.1, 0.15) is 110 Å². The molecule has 26 heavy (non-hydrogen) atoms. The van der Waals surface area contributed by atoms with Crippen molar-refractivity contribution in [3.05, 3.63) is 0 Å². The number of hydrogen-bond acceptors (Lipinski definition) is 1. The minimum absolute atomic E-state index is 0.354. The third-order valence-electron chi connectivity index (χ3n) is 8.43. The van der Waals surface area contributed by atoms with Crippen LogP contribution >= 0.6 is 0 Å². The van der Waals surface area contributed by atoms with E-state index in [4.69, 9.17) is 5.11 Å². The Kier molecular flexibility index (Phi) is 7.88. The van der Waals surface area contributed by atoms with Gasteiger partial charge in [-0.2, -0.15) is 0 Å². The van der Waals surface area contributed by atoms with Crippen molar-refractivity contribution in [1.29, 1.82) is 0 Å². The minimum Gasteiger partial charge on any atom is -0.481 e. The van der Waals surface area contributed by atoms with E-state index in [1.807, 2.05) is 0 Å². The van der Waals surface area contributed by atoms with Crippen LogP contribution in [0.4, 0.5) is 0 Å². The maximum atomic E-state index is 10.5. The van der Waals surface area contributed by atoms with Gasteiger partial charge in [0.15, 0.2) is 0 Å². The third kappa shape index (κ3) is 5.49. The highest BCUT2D eigenvalue weighted by molar-refractivity contribution is 5.66. The first-order valence-corrected chi connectivity index (χ1v) is 11.9. The van der Waals surface area contributed by atoms with Gasteiger partial charge in [0.2, 0.25) is 0 Å². The van der Waals surface area contributed by atoms with Crippen molar-refractivity contribution in [2.45, 2.75) is 110 Å². The molecule has 3 unspecified atom stereocenters. The van der Waals surface area contributed by atoms with Crippen LogP contribution in [0.5, 0.6) is 0 Å². The fourth-order valence-corrected chi connectivity index (χ4v) is 6.06. The van der Waals surface area contributed by atoms with Gasteiger partial charge in [0.25, 0.3) is 0 Å². The molecule has 150 valence electrons. The van der Waals surface area contributed by atoms with E-state index in [0.717, 1.165) is 48.3 Å². The van der Waals surface area contributed by atoms with E-state index in [0.29, 0.717) is 6.42 Å². The van der Waals surface area contributed by atoms with Gasteiger partial charge >= 0.3 is 5.97 Å². The first-order chi connectivity index (χ1) is 12.7. The lowest BCUT2D eigenvalue weighted by atomic mass is 9.58. The van der Waals surface area contributed by atoms with Gasteiger partial charge in [-0.3, -0.25) is 4.79 Å². The molecule has 3 aliphatic carbocycles. The molecule has 0 heterocycles. The van der Waals surface area contributed by atoms with E-state index < -0.39 is 5.97 Å². The maximum Gasteiger partial charge on any atom is 0.303 e. The fraction of sp³-hybridized carbons (Fsp3) is 0.958. The van der Waals surface area contributed by atoms with E-state index >= 15 is 0 Å². The molecule has 0 aliphatic heterocycles. The summed E-state index contributed by atoms with van der Waals surface area (Å²) in [5, 5.41) is 8.66. The second-order valence-electron chi connectivity index (χ2n) is 9.87. The van der Waals surface area contributed by atoms with Gasteiger partial charge in [0.05, 0.1) is 0 Å². The summed E-state index contributed by atoms with van der Waals surface area (Å²) < 4.78 is 0. The molecule has 3 aliphatic rings. The maximum absolute atomic E-state index is 10.5. The molecule has 0 amide bonds. The van der Waals surface area contributed by atoms with Crippen molar-refractivity contribution in [3.8, 4) is 0 Å². The summed E-state index contributed by atoms with van der Waals surface area (Å²) in [4.78, 5) is 10.5. The monoisotopic (exact) mass is 362 g/mol. The Bertz CT molecular complexity index is 430. The molecule has 3 saturated carbocycles. The van der Waals surface area contributed by atoms with Gasteiger partial charge in [-0.05, 0) is 93.3 Å². The van der Waals surface area contributed by atoms with Gasteiger partial charge in [-0.25, -0.2) is 0 Å². The summed E-state index contributed by atoms with van der Waals surface area (Å²) in [6, 6.07) is 0. The Labute approximate surface area is 161 Å². The average molecular weight is 363 g/mol. The molecule has 0 saturated heterocycles. The van der Waals surface area contributed by atoms with E-state index in [-0.39, 0.29) is 0 Å². The molecule has 0 aromatic rings. The molecular formula is C24H42O2. The normalized spacial score (nSPS) is 36.0.